The van der Waals surface area contributed by atoms with Crippen LogP contribution in [0.4, 0.5) is 5.69 Å². The number of carbonyl (C=O) groups is 1. The third kappa shape index (κ3) is 2.56. The summed E-state index contributed by atoms with van der Waals surface area (Å²) in [6.07, 6.45) is 0.555. The molecule has 0 atom stereocenters. The number of benzene rings is 1. The normalized spacial score (nSPS) is 10.5. The van der Waals surface area contributed by atoms with Crippen molar-refractivity contribution in [1.82, 2.24) is 9.97 Å². The van der Waals surface area contributed by atoms with E-state index in [0.717, 1.165) is 0 Å². The second kappa shape index (κ2) is 5.60. The van der Waals surface area contributed by atoms with E-state index in [1.807, 2.05) is 6.92 Å². The highest BCUT2D eigenvalue weighted by atomic mass is 16.6. The van der Waals surface area contributed by atoms with Crippen molar-refractivity contribution >= 4 is 22.6 Å². The molecule has 1 aromatic carbocycles. The van der Waals surface area contributed by atoms with E-state index in [2.05, 4.69) is 9.97 Å². The van der Waals surface area contributed by atoms with Crippen molar-refractivity contribution in [1.29, 1.82) is 0 Å². The van der Waals surface area contributed by atoms with Crippen molar-refractivity contribution in [2.24, 2.45) is 0 Å². The third-order valence-electron chi connectivity index (χ3n) is 2.72. The SMILES string of the molecule is CCOC(=O)c1nc(CC)nc2ccc([N+](=O)[O-])cc12. The quantitative estimate of drug-likeness (QED) is 0.482. The van der Waals surface area contributed by atoms with Gasteiger partial charge in [0.15, 0.2) is 5.69 Å². The maximum Gasteiger partial charge on any atom is 0.357 e. The van der Waals surface area contributed by atoms with Crippen LogP contribution < -0.4 is 0 Å². The van der Waals surface area contributed by atoms with Crippen molar-refractivity contribution < 1.29 is 14.5 Å². The summed E-state index contributed by atoms with van der Waals surface area (Å²) >= 11 is 0. The summed E-state index contributed by atoms with van der Waals surface area (Å²) in [6, 6.07) is 4.15. The molecule has 0 saturated carbocycles. The van der Waals surface area contributed by atoms with Gasteiger partial charge in [0.25, 0.3) is 5.69 Å². The average Bonchev–Trinajstić information content (AvgIpc) is 2.45. The highest BCUT2D eigenvalue weighted by Gasteiger charge is 2.18. The zero-order chi connectivity index (χ0) is 14.7. The highest BCUT2D eigenvalue weighted by Crippen LogP contribution is 2.22. The van der Waals surface area contributed by atoms with Crippen LogP contribution in [0.1, 0.15) is 30.2 Å². The van der Waals surface area contributed by atoms with Gasteiger partial charge in [-0.1, -0.05) is 6.92 Å². The molecule has 0 saturated heterocycles. The Balaban J connectivity index is 2.69. The molecule has 0 N–H and O–H groups in total. The van der Waals surface area contributed by atoms with E-state index >= 15 is 0 Å². The van der Waals surface area contributed by atoms with Crippen LogP contribution >= 0.6 is 0 Å². The van der Waals surface area contributed by atoms with Gasteiger partial charge in [0.05, 0.1) is 17.0 Å². The molecule has 1 aromatic heterocycles. The summed E-state index contributed by atoms with van der Waals surface area (Å²) in [6.45, 7) is 3.76. The molecule has 2 aromatic rings. The Kier molecular flexibility index (Phi) is 3.88. The Labute approximate surface area is 114 Å². The van der Waals surface area contributed by atoms with Gasteiger partial charge in [0.2, 0.25) is 0 Å². The number of carbonyl (C=O) groups excluding carboxylic acids is 1. The van der Waals surface area contributed by atoms with E-state index in [-0.39, 0.29) is 18.0 Å². The van der Waals surface area contributed by atoms with Crippen LogP contribution in [0.15, 0.2) is 18.2 Å². The largest absolute Gasteiger partial charge is 0.461 e. The van der Waals surface area contributed by atoms with Gasteiger partial charge in [-0.3, -0.25) is 10.1 Å². The van der Waals surface area contributed by atoms with Crippen molar-refractivity contribution in [2.45, 2.75) is 20.3 Å². The molecule has 0 aliphatic heterocycles. The molecule has 7 nitrogen and oxygen atoms in total. The predicted molar refractivity (Wildman–Crippen MR) is 71.5 cm³/mol. The lowest BCUT2D eigenvalue weighted by molar-refractivity contribution is -0.384. The number of nitrogens with zero attached hydrogens (tertiary/aromatic N) is 3. The molecule has 0 aliphatic carbocycles. The second-order valence-electron chi connectivity index (χ2n) is 4.02. The fourth-order valence-corrected chi connectivity index (χ4v) is 1.79. The first-order valence-corrected chi connectivity index (χ1v) is 6.19. The van der Waals surface area contributed by atoms with Crippen LogP contribution in [-0.2, 0) is 11.2 Å². The Morgan fingerprint density at radius 2 is 2.10 bits per heavy atom. The van der Waals surface area contributed by atoms with Crippen molar-refractivity contribution in [3.63, 3.8) is 0 Å². The number of nitro benzene ring substituents is 1. The van der Waals surface area contributed by atoms with Crippen LogP contribution in [0.5, 0.6) is 0 Å². The number of non-ortho nitro benzene ring substituents is 1. The van der Waals surface area contributed by atoms with Gasteiger partial charge in [0, 0.05) is 23.9 Å². The monoisotopic (exact) mass is 275 g/mol. The predicted octanol–water partition coefficient (Wildman–Crippen LogP) is 2.28. The smallest absolute Gasteiger partial charge is 0.357 e. The van der Waals surface area contributed by atoms with Gasteiger partial charge < -0.3 is 4.74 Å². The molecule has 104 valence electrons. The summed E-state index contributed by atoms with van der Waals surface area (Å²) in [5.41, 5.74) is 0.443. The van der Waals surface area contributed by atoms with Crippen LogP contribution in [0.2, 0.25) is 0 Å². The Morgan fingerprint density at radius 3 is 2.70 bits per heavy atom. The summed E-state index contributed by atoms with van der Waals surface area (Å²) in [5, 5.41) is 11.2. The topological polar surface area (TPSA) is 95.2 Å². The number of hydrogen-bond donors (Lipinski definition) is 0. The molecule has 0 fully saturated rings. The maximum atomic E-state index is 11.9. The standard InChI is InChI=1S/C13H13N3O4/c1-3-11-14-10-6-5-8(16(18)19)7-9(10)12(15-11)13(17)20-4-2/h5-7H,3-4H2,1-2H3. The van der Waals surface area contributed by atoms with Gasteiger partial charge in [0.1, 0.15) is 5.82 Å². The molecule has 0 amide bonds. The zero-order valence-corrected chi connectivity index (χ0v) is 11.1. The second-order valence-corrected chi connectivity index (χ2v) is 4.02. The summed E-state index contributed by atoms with van der Waals surface area (Å²) in [7, 11) is 0. The molecule has 0 aliphatic rings. The number of hydrogen-bond acceptors (Lipinski definition) is 6. The number of ether oxygens (including phenoxy) is 1. The fourth-order valence-electron chi connectivity index (χ4n) is 1.79. The van der Waals surface area contributed by atoms with Crippen LogP contribution in [0.25, 0.3) is 10.9 Å². The number of nitro groups is 1. The lowest BCUT2D eigenvalue weighted by atomic mass is 10.1. The Hall–Kier alpha value is -2.57. The van der Waals surface area contributed by atoms with Crippen LogP contribution in [-0.4, -0.2) is 27.5 Å². The van der Waals surface area contributed by atoms with Crippen LogP contribution in [0.3, 0.4) is 0 Å². The molecule has 2 rings (SSSR count). The van der Waals surface area contributed by atoms with Gasteiger partial charge in [-0.05, 0) is 13.0 Å². The lowest BCUT2D eigenvalue weighted by Crippen LogP contribution is -2.11. The minimum absolute atomic E-state index is 0.0670. The molecular formula is C13H13N3O4. The number of rotatable bonds is 4. The first kappa shape index (κ1) is 13.9. The van der Waals surface area contributed by atoms with Crippen molar-refractivity contribution in [2.75, 3.05) is 6.61 Å². The van der Waals surface area contributed by atoms with Crippen LogP contribution in [0, 0.1) is 10.1 Å². The van der Waals surface area contributed by atoms with Gasteiger partial charge in [-0.2, -0.15) is 0 Å². The first-order chi connectivity index (χ1) is 9.56. The molecular weight excluding hydrogens is 262 g/mol. The summed E-state index contributed by atoms with van der Waals surface area (Å²) in [5.74, 6) is -0.107. The summed E-state index contributed by atoms with van der Waals surface area (Å²) in [4.78, 5) is 30.6. The van der Waals surface area contributed by atoms with Gasteiger partial charge in [-0.25, -0.2) is 14.8 Å². The zero-order valence-electron chi connectivity index (χ0n) is 11.1. The summed E-state index contributed by atoms with van der Waals surface area (Å²) < 4.78 is 4.94. The Bertz CT molecular complexity index is 685. The average molecular weight is 275 g/mol. The molecule has 0 unspecified atom stereocenters. The minimum Gasteiger partial charge on any atom is -0.461 e. The maximum absolute atomic E-state index is 11.9. The highest BCUT2D eigenvalue weighted by molar-refractivity contribution is 6.02. The third-order valence-corrected chi connectivity index (χ3v) is 2.72. The fraction of sp³-hybridized carbons (Fsp3) is 0.308. The Morgan fingerprint density at radius 1 is 1.35 bits per heavy atom. The van der Waals surface area contributed by atoms with E-state index in [0.29, 0.717) is 23.1 Å². The molecule has 7 heteroatoms. The van der Waals surface area contributed by atoms with E-state index < -0.39 is 10.9 Å². The number of fused-ring (bicyclic) bond motifs is 1. The van der Waals surface area contributed by atoms with Crippen molar-refractivity contribution in [3.05, 3.63) is 39.8 Å². The van der Waals surface area contributed by atoms with E-state index in [1.165, 1.54) is 18.2 Å². The number of esters is 1. The van der Waals surface area contributed by atoms with Gasteiger partial charge in [-0.15, -0.1) is 0 Å². The molecule has 0 spiro atoms. The lowest BCUT2D eigenvalue weighted by Gasteiger charge is -2.07. The van der Waals surface area contributed by atoms with Crippen molar-refractivity contribution in [3.8, 4) is 0 Å². The van der Waals surface area contributed by atoms with E-state index in [1.54, 1.807) is 6.92 Å². The number of aromatic nitrogens is 2. The molecule has 0 radical (unpaired) electrons. The minimum atomic E-state index is -0.602. The first-order valence-electron chi connectivity index (χ1n) is 6.19. The molecule has 0 bridgehead atoms. The molecule has 20 heavy (non-hydrogen) atoms. The van der Waals surface area contributed by atoms with E-state index in [9.17, 15) is 14.9 Å². The molecule has 1 heterocycles. The van der Waals surface area contributed by atoms with E-state index in [4.69, 9.17) is 4.74 Å². The number of aryl methyl sites for hydroxylation is 1. The van der Waals surface area contributed by atoms with Gasteiger partial charge >= 0.3 is 5.97 Å².